The van der Waals surface area contributed by atoms with Gasteiger partial charge in [-0.2, -0.15) is 5.10 Å². The van der Waals surface area contributed by atoms with Crippen LogP contribution in [0.1, 0.15) is 5.56 Å². The number of pyridine rings is 1. The molecule has 1 heterocycles. The number of fused-ring (bicyclic) bond motifs is 1. The fraction of sp³-hybridized carbons (Fsp3) is 0. The van der Waals surface area contributed by atoms with Gasteiger partial charge >= 0.3 is 5.69 Å². The maximum absolute atomic E-state index is 10.8. The Hall–Kier alpha value is -3.39. The van der Waals surface area contributed by atoms with Gasteiger partial charge in [0.15, 0.2) is 5.75 Å². The molecular weight excluding hydrogens is 348 g/mol. The van der Waals surface area contributed by atoms with E-state index in [1.165, 1.54) is 6.21 Å². The summed E-state index contributed by atoms with van der Waals surface area (Å²) in [4.78, 5) is 14.4. The lowest BCUT2D eigenvalue weighted by atomic mass is 10.2. The van der Waals surface area contributed by atoms with Crippen LogP contribution < -0.4 is 5.43 Å². The van der Waals surface area contributed by atoms with Crippen molar-refractivity contribution in [3.8, 4) is 11.5 Å². The molecule has 3 aromatic rings. The molecule has 3 N–H and O–H groups in total. The number of nitro benzene ring substituents is 1. The largest absolute Gasteiger partial charge is 0.507 e. The van der Waals surface area contributed by atoms with E-state index in [4.69, 9.17) is 0 Å². The van der Waals surface area contributed by atoms with Gasteiger partial charge in [-0.25, -0.2) is 4.98 Å². The number of phenolic OH excluding ortho intramolecular Hbond substituents is 2. The topological polar surface area (TPSA) is 121 Å². The first-order valence-corrected chi connectivity index (χ1v) is 6.90. The SMILES string of the molecule is Cl.O=[N+]([O-])c1cc(C=NNc2ccc3ccccc3n2)c(O)cc1O. The third-order valence-corrected chi connectivity index (χ3v) is 3.30. The van der Waals surface area contributed by atoms with E-state index >= 15 is 0 Å². The number of nitrogens with one attached hydrogen (secondary N) is 1. The number of halogens is 1. The van der Waals surface area contributed by atoms with E-state index in [0.29, 0.717) is 5.82 Å². The van der Waals surface area contributed by atoms with Crippen LogP contribution in [-0.2, 0) is 0 Å². The van der Waals surface area contributed by atoms with E-state index in [1.807, 2.05) is 30.3 Å². The number of anilines is 1. The molecule has 0 amide bonds. The van der Waals surface area contributed by atoms with Crippen LogP contribution in [-0.4, -0.2) is 26.3 Å². The number of rotatable bonds is 4. The third-order valence-electron chi connectivity index (χ3n) is 3.30. The number of benzene rings is 2. The Bertz CT molecular complexity index is 962. The predicted octanol–water partition coefficient (Wildman–Crippen LogP) is 3.42. The summed E-state index contributed by atoms with van der Waals surface area (Å²) < 4.78 is 0. The minimum Gasteiger partial charge on any atom is -0.507 e. The first-order chi connectivity index (χ1) is 11.5. The monoisotopic (exact) mass is 360 g/mol. The van der Waals surface area contributed by atoms with Crippen molar-refractivity contribution in [2.75, 3.05) is 5.43 Å². The average Bonchev–Trinajstić information content (AvgIpc) is 2.56. The summed E-state index contributed by atoms with van der Waals surface area (Å²) in [6.07, 6.45) is 1.21. The quantitative estimate of drug-likeness (QED) is 0.372. The van der Waals surface area contributed by atoms with Crippen LogP contribution in [0.25, 0.3) is 10.9 Å². The Morgan fingerprint density at radius 3 is 2.64 bits per heavy atom. The molecule has 0 saturated carbocycles. The summed E-state index contributed by atoms with van der Waals surface area (Å²) in [5, 5.41) is 34.8. The average molecular weight is 361 g/mol. The molecule has 0 radical (unpaired) electrons. The smallest absolute Gasteiger partial charge is 0.311 e. The van der Waals surface area contributed by atoms with Crippen LogP contribution >= 0.6 is 12.4 Å². The highest BCUT2D eigenvalue weighted by Gasteiger charge is 2.16. The highest BCUT2D eigenvalue weighted by atomic mass is 35.5. The number of phenols is 2. The number of hydrogen-bond acceptors (Lipinski definition) is 7. The molecule has 0 aliphatic rings. The van der Waals surface area contributed by atoms with Crippen molar-refractivity contribution in [3.63, 3.8) is 0 Å². The highest BCUT2D eigenvalue weighted by Crippen LogP contribution is 2.32. The van der Waals surface area contributed by atoms with Crippen LogP contribution in [0.4, 0.5) is 11.5 Å². The van der Waals surface area contributed by atoms with Crippen molar-refractivity contribution in [2.45, 2.75) is 0 Å². The molecule has 0 aliphatic carbocycles. The molecule has 2 aromatic carbocycles. The summed E-state index contributed by atoms with van der Waals surface area (Å²) in [5.74, 6) is -0.452. The molecule has 0 aliphatic heterocycles. The predicted molar refractivity (Wildman–Crippen MR) is 96.6 cm³/mol. The molecule has 128 valence electrons. The fourth-order valence-electron chi connectivity index (χ4n) is 2.13. The molecule has 9 heteroatoms. The van der Waals surface area contributed by atoms with Crippen molar-refractivity contribution < 1.29 is 15.1 Å². The van der Waals surface area contributed by atoms with E-state index in [9.17, 15) is 20.3 Å². The van der Waals surface area contributed by atoms with Gasteiger partial charge in [0, 0.05) is 23.1 Å². The van der Waals surface area contributed by atoms with Gasteiger partial charge in [-0.05, 0) is 18.2 Å². The number of para-hydroxylation sites is 1. The normalized spacial score (nSPS) is 10.6. The molecule has 3 rings (SSSR count). The van der Waals surface area contributed by atoms with E-state index in [1.54, 1.807) is 6.07 Å². The first kappa shape index (κ1) is 18.0. The number of nitro groups is 1. The summed E-state index contributed by atoms with van der Waals surface area (Å²) in [6.45, 7) is 0. The van der Waals surface area contributed by atoms with Crippen molar-refractivity contribution in [3.05, 3.63) is 64.2 Å². The van der Waals surface area contributed by atoms with Crippen LogP contribution in [0.2, 0.25) is 0 Å². The van der Waals surface area contributed by atoms with Gasteiger partial charge in [-0.3, -0.25) is 15.5 Å². The van der Waals surface area contributed by atoms with Crippen molar-refractivity contribution >= 4 is 41.0 Å². The minimum atomic E-state index is -0.746. The number of aromatic nitrogens is 1. The van der Waals surface area contributed by atoms with Crippen LogP contribution in [0.3, 0.4) is 0 Å². The molecule has 0 fully saturated rings. The number of aromatic hydroxyl groups is 2. The van der Waals surface area contributed by atoms with Gasteiger partial charge in [0.25, 0.3) is 0 Å². The fourth-order valence-corrected chi connectivity index (χ4v) is 2.13. The Labute approximate surface area is 148 Å². The molecule has 0 atom stereocenters. The van der Waals surface area contributed by atoms with Gasteiger partial charge in [-0.15, -0.1) is 12.4 Å². The molecule has 8 nitrogen and oxygen atoms in total. The second-order valence-electron chi connectivity index (χ2n) is 4.92. The van der Waals surface area contributed by atoms with Gasteiger partial charge in [-0.1, -0.05) is 18.2 Å². The Morgan fingerprint density at radius 1 is 1.12 bits per heavy atom. The summed E-state index contributed by atoms with van der Waals surface area (Å²) >= 11 is 0. The minimum absolute atomic E-state index is 0. The number of hydrogen-bond donors (Lipinski definition) is 3. The number of nitrogens with zero attached hydrogens (tertiary/aromatic N) is 3. The zero-order chi connectivity index (χ0) is 17.1. The summed E-state index contributed by atoms with van der Waals surface area (Å²) in [6, 6.07) is 13.1. The zero-order valence-corrected chi connectivity index (χ0v) is 13.5. The summed E-state index contributed by atoms with van der Waals surface area (Å²) in [5.41, 5.74) is 3.06. The maximum Gasteiger partial charge on any atom is 0.311 e. The van der Waals surface area contributed by atoms with Crippen LogP contribution in [0.15, 0.2) is 53.6 Å². The molecule has 0 spiro atoms. The first-order valence-electron chi connectivity index (χ1n) is 6.90. The molecule has 0 saturated heterocycles. The molecule has 25 heavy (non-hydrogen) atoms. The number of hydrazone groups is 1. The standard InChI is InChI=1S/C16H12N4O4.ClH/c21-14-8-15(22)13(20(23)24)7-11(14)9-17-19-16-6-5-10-3-1-2-4-12(10)18-16;/h1-9,21-22H,(H,18,19);1H. The van der Waals surface area contributed by atoms with Gasteiger partial charge in [0.1, 0.15) is 11.6 Å². The van der Waals surface area contributed by atoms with Crippen molar-refractivity contribution in [2.24, 2.45) is 5.10 Å². The lowest BCUT2D eigenvalue weighted by Gasteiger charge is -2.03. The molecule has 0 bridgehead atoms. The Kier molecular flexibility index (Phi) is 5.35. The van der Waals surface area contributed by atoms with Crippen molar-refractivity contribution in [1.29, 1.82) is 0 Å². The van der Waals surface area contributed by atoms with Gasteiger partial charge in [0.05, 0.1) is 16.7 Å². The van der Waals surface area contributed by atoms with E-state index in [0.717, 1.165) is 23.0 Å². The van der Waals surface area contributed by atoms with E-state index in [2.05, 4.69) is 15.5 Å². The van der Waals surface area contributed by atoms with E-state index in [-0.39, 0.29) is 23.7 Å². The lowest BCUT2D eigenvalue weighted by molar-refractivity contribution is -0.385. The molecule has 0 unspecified atom stereocenters. The van der Waals surface area contributed by atoms with Crippen molar-refractivity contribution in [1.82, 2.24) is 4.98 Å². The van der Waals surface area contributed by atoms with Gasteiger partial charge < -0.3 is 10.2 Å². The Balaban J connectivity index is 0.00000225. The third kappa shape index (κ3) is 3.93. The van der Waals surface area contributed by atoms with E-state index < -0.39 is 16.4 Å². The summed E-state index contributed by atoms with van der Waals surface area (Å²) in [7, 11) is 0. The second kappa shape index (κ2) is 7.45. The zero-order valence-electron chi connectivity index (χ0n) is 12.7. The lowest BCUT2D eigenvalue weighted by Crippen LogP contribution is -1.95. The van der Waals surface area contributed by atoms with Gasteiger partial charge in [0.2, 0.25) is 0 Å². The molecule has 1 aromatic heterocycles. The van der Waals surface area contributed by atoms with Crippen LogP contribution in [0.5, 0.6) is 11.5 Å². The molecular formula is C16H13ClN4O4. The highest BCUT2D eigenvalue weighted by molar-refractivity contribution is 5.86. The van der Waals surface area contributed by atoms with Crippen LogP contribution in [0, 0.1) is 10.1 Å². The second-order valence-corrected chi connectivity index (χ2v) is 4.92. The maximum atomic E-state index is 10.8. The Morgan fingerprint density at radius 2 is 1.88 bits per heavy atom.